The first-order valence-electron chi connectivity index (χ1n) is 10.2. The molecule has 0 unspecified atom stereocenters. The summed E-state index contributed by atoms with van der Waals surface area (Å²) in [4.78, 5) is 4.83. The lowest BCUT2D eigenvalue weighted by molar-refractivity contribution is 0.336. The SMILES string of the molecule is Cc1ccccc1-c1nc(CSc2nnc(CCC3CCCCC3)n2C)cs1. The van der Waals surface area contributed by atoms with Gasteiger partial charge in [-0.15, -0.1) is 21.5 Å². The molecule has 0 bridgehead atoms. The van der Waals surface area contributed by atoms with Gasteiger partial charge in [-0.2, -0.15) is 0 Å². The molecule has 0 aliphatic heterocycles. The Kier molecular flexibility index (Phi) is 6.47. The smallest absolute Gasteiger partial charge is 0.191 e. The van der Waals surface area contributed by atoms with E-state index >= 15 is 0 Å². The molecule has 0 radical (unpaired) electrons. The molecule has 3 aromatic rings. The van der Waals surface area contributed by atoms with Crippen LogP contribution in [0.2, 0.25) is 0 Å². The Hall–Kier alpha value is -1.66. The van der Waals surface area contributed by atoms with Crippen molar-refractivity contribution in [3.63, 3.8) is 0 Å². The molecule has 4 rings (SSSR count). The van der Waals surface area contributed by atoms with Gasteiger partial charge in [-0.05, 0) is 24.8 Å². The van der Waals surface area contributed by atoms with E-state index in [0.29, 0.717) is 0 Å². The maximum Gasteiger partial charge on any atom is 0.191 e. The molecule has 2 aromatic heterocycles. The van der Waals surface area contributed by atoms with Crippen molar-refractivity contribution in [3.8, 4) is 10.6 Å². The molecule has 0 N–H and O–H groups in total. The average Bonchev–Trinajstić information content (AvgIpc) is 3.33. The average molecular weight is 413 g/mol. The van der Waals surface area contributed by atoms with Crippen LogP contribution in [-0.4, -0.2) is 19.7 Å². The van der Waals surface area contributed by atoms with Crippen LogP contribution in [0.25, 0.3) is 10.6 Å². The topological polar surface area (TPSA) is 43.6 Å². The minimum absolute atomic E-state index is 0.830. The largest absolute Gasteiger partial charge is 0.309 e. The number of benzene rings is 1. The van der Waals surface area contributed by atoms with Crippen LogP contribution >= 0.6 is 23.1 Å². The fourth-order valence-corrected chi connectivity index (χ4v) is 5.78. The van der Waals surface area contributed by atoms with Crippen molar-refractivity contribution in [2.75, 3.05) is 0 Å². The van der Waals surface area contributed by atoms with Gasteiger partial charge < -0.3 is 4.57 Å². The molecule has 0 amide bonds. The van der Waals surface area contributed by atoms with Crippen LogP contribution in [0.4, 0.5) is 0 Å². The minimum Gasteiger partial charge on any atom is -0.309 e. The first kappa shape index (κ1) is 19.6. The molecule has 2 heterocycles. The summed E-state index contributed by atoms with van der Waals surface area (Å²) in [5.74, 6) is 2.83. The van der Waals surface area contributed by atoms with Crippen LogP contribution < -0.4 is 0 Å². The zero-order chi connectivity index (χ0) is 19.3. The van der Waals surface area contributed by atoms with Crippen molar-refractivity contribution in [1.82, 2.24) is 19.7 Å². The van der Waals surface area contributed by atoms with Crippen LogP contribution in [0.5, 0.6) is 0 Å². The minimum atomic E-state index is 0.830. The van der Waals surface area contributed by atoms with Gasteiger partial charge in [-0.1, -0.05) is 68.1 Å². The lowest BCUT2D eigenvalue weighted by Crippen LogP contribution is -2.09. The summed E-state index contributed by atoms with van der Waals surface area (Å²) in [6, 6.07) is 8.43. The molecule has 1 fully saturated rings. The predicted molar refractivity (Wildman–Crippen MR) is 118 cm³/mol. The van der Waals surface area contributed by atoms with E-state index < -0.39 is 0 Å². The Morgan fingerprint density at radius 1 is 1.14 bits per heavy atom. The van der Waals surface area contributed by atoms with E-state index in [4.69, 9.17) is 4.98 Å². The van der Waals surface area contributed by atoms with Crippen LogP contribution in [-0.2, 0) is 19.2 Å². The van der Waals surface area contributed by atoms with Crippen LogP contribution in [0.15, 0.2) is 34.8 Å². The maximum atomic E-state index is 4.83. The zero-order valence-electron chi connectivity index (χ0n) is 16.7. The van der Waals surface area contributed by atoms with Crippen molar-refractivity contribution in [2.24, 2.45) is 13.0 Å². The Bertz CT molecular complexity index is 909. The molecule has 1 aromatic carbocycles. The molecule has 1 saturated carbocycles. The number of aromatic nitrogens is 4. The molecule has 1 aliphatic rings. The first-order valence-corrected chi connectivity index (χ1v) is 12.1. The summed E-state index contributed by atoms with van der Waals surface area (Å²) in [5.41, 5.74) is 3.61. The normalized spacial score (nSPS) is 15.2. The standard InChI is InChI=1S/C22H28N4S2/c1-16-8-6-7-11-19(16)21-23-18(14-27-21)15-28-22-25-24-20(26(22)2)13-12-17-9-4-3-5-10-17/h6-8,11,14,17H,3-5,9-10,12-13,15H2,1-2H3. The van der Waals surface area contributed by atoms with Crippen LogP contribution in [0.3, 0.4) is 0 Å². The Morgan fingerprint density at radius 2 is 1.96 bits per heavy atom. The Morgan fingerprint density at radius 3 is 2.79 bits per heavy atom. The van der Waals surface area contributed by atoms with Crippen molar-refractivity contribution in [1.29, 1.82) is 0 Å². The summed E-state index contributed by atoms with van der Waals surface area (Å²) in [5, 5.41) is 13.1. The van der Waals surface area contributed by atoms with E-state index in [9.17, 15) is 0 Å². The van der Waals surface area contributed by atoms with E-state index in [-0.39, 0.29) is 0 Å². The van der Waals surface area contributed by atoms with Crippen molar-refractivity contribution < 1.29 is 0 Å². The number of thiazole rings is 1. The predicted octanol–water partition coefficient (Wildman–Crippen LogP) is 6.05. The third kappa shape index (κ3) is 4.66. The molecule has 0 atom stereocenters. The van der Waals surface area contributed by atoms with Gasteiger partial charge in [0.05, 0.1) is 5.69 Å². The Balaban J connectivity index is 1.34. The zero-order valence-corrected chi connectivity index (χ0v) is 18.4. The van der Waals surface area contributed by atoms with Gasteiger partial charge in [0.25, 0.3) is 0 Å². The first-order chi connectivity index (χ1) is 13.7. The van der Waals surface area contributed by atoms with Gasteiger partial charge in [0.2, 0.25) is 0 Å². The van der Waals surface area contributed by atoms with E-state index in [1.807, 2.05) is 0 Å². The molecule has 1 aliphatic carbocycles. The number of aryl methyl sites for hydroxylation is 2. The number of thioether (sulfide) groups is 1. The molecular formula is C22H28N4S2. The molecule has 148 valence electrons. The second-order valence-corrected chi connectivity index (χ2v) is 9.55. The third-order valence-corrected chi connectivity index (χ3v) is 7.68. The molecule has 0 saturated heterocycles. The van der Waals surface area contributed by atoms with Gasteiger partial charge >= 0.3 is 0 Å². The molecular weight excluding hydrogens is 384 g/mol. The van der Waals surface area contributed by atoms with Gasteiger partial charge in [0.1, 0.15) is 10.8 Å². The fraction of sp³-hybridized carbons (Fsp3) is 0.500. The molecule has 28 heavy (non-hydrogen) atoms. The highest BCUT2D eigenvalue weighted by atomic mass is 32.2. The van der Waals surface area contributed by atoms with Crippen LogP contribution in [0.1, 0.15) is 55.6 Å². The van der Waals surface area contributed by atoms with E-state index in [2.05, 4.69) is 58.4 Å². The number of hydrogen-bond donors (Lipinski definition) is 0. The lowest BCUT2D eigenvalue weighted by Gasteiger charge is -2.20. The second-order valence-electron chi connectivity index (χ2n) is 7.75. The number of nitrogens with zero attached hydrogens (tertiary/aromatic N) is 4. The van der Waals surface area contributed by atoms with E-state index in [0.717, 1.165) is 39.8 Å². The van der Waals surface area contributed by atoms with E-state index in [1.165, 1.54) is 49.7 Å². The molecule has 6 heteroatoms. The van der Waals surface area contributed by atoms with Crippen LogP contribution in [0, 0.1) is 12.8 Å². The molecule has 4 nitrogen and oxygen atoms in total. The van der Waals surface area contributed by atoms with Crippen molar-refractivity contribution >= 4 is 23.1 Å². The highest BCUT2D eigenvalue weighted by Gasteiger charge is 2.16. The molecule has 0 spiro atoms. The van der Waals surface area contributed by atoms with Gasteiger partial charge in [-0.3, -0.25) is 0 Å². The highest BCUT2D eigenvalue weighted by Crippen LogP contribution is 2.30. The Labute approximate surface area is 175 Å². The van der Waals surface area contributed by atoms with Crippen molar-refractivity contribution in [3.05, 3.63) is 46.7 Å². The monoisotopic (exact) mass is 412 g/mol. The van der Waals surface area contributed by atoms with Gasteiger partial charge in [0.15, 0.2) is 5.16 Å². The van der Waals surface area contributed by atoms with E-state index in [1.54, 1.807) is 23.1 Å². The summed E-state index contributed by atoms with van der Waals surface area (Å²) >= 11 is 3.45. The summed E-state index contributed by atoms with van der Waals surface area (Å²) in [7, 11) is 2.10. The fourth-order valence-electron chi connectivity index (χ4n) is 3.95. The summed E-state index contributed by atoms with van der Waals surface area (Å²) in [6.07, 6.45) is 9.32. The lowest BCUT2D eigenvalue weighted by atomic mass is 9.86. The second kappa shape index (κ2) is 9.23. The summed E-state index contributed by atoms with van der Waals surface area (Å²) < 4.78 is 2.17. The van der Waals surface area contributed by atoms with Gasteiger partial charge in [-0.25, -0.2) is 4.98 Å². The summed E-state index contributed by atoms with van der Waals surface area (Å²) in [6.45, 7) is 2.14. The third-order valence-electron chi connectivity index (χ3n) is 5.70. The quantitative estimate of drug-likeness (QED) is 0.443. The number of rotatable bonds is 7. The van der Waals surface area contributed by atoms with Crippen molar-refractivity contribution in [2.45, 2.75) is 62.8 Å². The maximum absolute atomic E-state index is 4.83. The highest BCUT2D eigenvalue weighted by molar-refractivity contribution is 7.98. The van der Waals surface area contributed by atoms with Gasteiger partial charge in [0, 0.05) is 30.2 Å². The number of hydrogen-bond acceptors (Lipinski definition) is 5.